The average molecular weight is 298 g/mol. The first-order valence-corrected chi connectivity index (χ1v) is 6.10. The molecular weight excluding hydrogens is 278 g/mol. The fourth-order valence-electron chi connectivity index (χ4n) is 1.52. The van der Waals surface area contributed by atoms with Gasteiger partial charge in [-0.15, -0.1) is 0 Å². The fourth-order valence-corrected chi connectivity index (χ4v) is 1.52. The van der Waals surface area contributed by atoms with E-state index in [2.05, 4.69) is 6.58 Å². The Morgan fingerprint density at radius 3 is 2.25 bits per heavy atom. The summed E-state index contributed by atoms with van der Waals surface area (Å²) < 4.78 is 5.15. The lowest BCUT2D eigenvalue weighted by molar-refractivity contribution is -0.807. The second-order valence-electron chi connectivity index (χ2n) is 5.00. The van der Waals surface area contributed by atoms with Gasteiger partial charge in [-0.2, -0.15) is 0 Å². The van der Waals surface area contributed by atoms with Gasteiger partial charge in [0, 0.05) is 5.57 Å². The minimum Gasteiger partial charge on any atom is -1.00 e. The van der Waals surface area contributed by atoms with Crippen LogP contribution in [0.2, 0.25) is 0 Å². The Morgan fingerprint density at radius 1 is 1.20 bits per heavy atom. The van der Waals surface area contributed by atoms with Crippen LogP contribution in [-0.4, -0.2) is 43.6 Å². The first-order valence-electron chi connectivity index (χ1n) is 6.10. The minimum absolute atomic E-state index is 0. The first-order chi connectivity index (χ1) is 8.84. The summed E-state index contributed by atoms with van der Waals surface area (Å²) in [4.78, 5) is 23.5. The van der Waals surface area contributed by atoms with Crippen molar-refractivity contribution in [1.82, 2.24) is 0 Å². The van der Waals surface area contributed by atoms with Gasteiger partial charge in [-0.25, -0.2) is 9.59 Å². The van der Waals surface area contributed by atoms with Crippen LogP contribution in [0.4, 0.5) is 0 Å². The monoisotopic (exact) mass is 297 g/mol. The lowest BCUT2D eigenvalue weighted by Crippen LogP contribution is -3.00. The Morgan fingerprint density at radius 2 is 1.75 bits per heavy atom. The van der Waals surface area contributed by atoms with Gasteiger partial charge in [-0.05, 0) is 19.1 Å². The van der Waals surface area contributed by atoms with Crippen LogP contribution < -0.4 is 12.4 Å². The molecule has 0 aromatic heterocycles. The molecule has 0 radical (unpaired) electrons. The summed E-state index contributed by atoms with van der Waals surface area (Å²) in [5.41, 5.74) is 1.01. The summed E-state index contributed by atoms with van der Waals surface area (Å²) in [6.07, 6.45) is 0. The summed E-state index contributed by atoms with van der Waals surface area (Å²) in [6, 6.07) is 9.08. The molecule has 0 fully saturated rings. The number of halogens is 1. The predicted octanol–water partition coefficient (Wildman–Crippen LogP) is -0.973. The molecule has 0 atom stereocenters. The highest BCUT2D eigenvalue weighted by Crippen LogP contribution is 2.09. The number of carbonyl (C=O) groups is 2. The van der Waals surface area contributed by atoms with Crippen molar-refractivity contribution in [2.45, 2.75) is 6.92 Å². The summed E-state index contributed by atoms with van der Waals surface area (Å²) in [5.74, 6) is -0.431. The number of amides is 1. The zero-order valence-electron chi connectivity index (χ0n) is 12.1. The second kappa shape index (κ2) is 7.82. The maximum Gasteiger partial charge on any atom is 0.345 e. The summed E-state index contributed by atoms with van der Waals surface area (Å²) in [5, 5.41) is 0. The third-order valence-electron chi connectivity index (χ3n) is 2.80. The molecule has 0 unspecified atom stereocenters. The largest absolute Gasteiger partial charge is 1.00 e. The Bertz CT molecular complexity index is 483. The van der Waals surface area contributed by atoms with Crippen molar-refractivity contribution >= 4 is 11.9 Å². The van der Waals surface area contributed by atoms with Crippen molar-refractivity contribution in [3.8, 4) is 0 Å². The van der Waals surface area contributed by atoms with Gasteiger partial charge in [0.1, 0.15) is 13.2 Å². The minimum atomic E-state index is -0.424. The van der Waals surface area contributed by atoms with Crippen molar-refractivity contribution in [1.29, 1.82) is 0 Å². The van der Waals surface area contributed by atoms with Crippen molar-refractivity contribution in [3.05, 3.63) is 48.0 Å². The van der Waals surface area contributed by atoms with E-state index >= 15 is 0 Å². The van der Waals surface area contributed by atoms with Gasteiger partial charge in [0.25, 0.3) is 0 Å². The number of ether oxygens (including phenoxy) is 1. The number of hydrogen-bond donors (Lipinski definition) is 0. The van der Waals surface area contributed by atoms with E-state index in [1.165, 1.54) is 0 Å². The molecule has 5 heteroatoms. The van der Waals surface area contributed by atoms with Gasteiger partial charge < -0.3 is 17.1 Å². The third-order valence-corrected chi connectivity index (χ3v) is 2.80. The number of esters is 1. The number of likely N-dealkylation sites (N-methyl/N-ethyl adjacent to an activating group) is 1. The second-order valence-corrected chi connectivity index (χ2v) is 5.00. The zero-order chi connectivity index (χ0) is 14.5. The topological polar surface area (TPSA) is 43.4 Å². The first kappa shape index (κ1) is 18.4. The molecule has 0 N–H and O–H groups in total. The SMILES string of the molecule is C=C(C)C(=O)OCC[N+](C)(C)C(=O)c1ccccc1.[Cl-]. The van der Waals surface area contributed by atoms with Crippen molar-refractivity contribution in [2.24, 2.45) is 0 Å². The molecule has 1 aromatic carbocycles. The quantitative estimate of drug-likeness (QED) is 0.399. The number of rotatable bonds is 5. The number of hydrogen-bond acceptors (Lipinski definition) is 3. The standard InChI is InChI=1S/C15H20NO3.ClH/c1-12(2)15(18)19-11-10-16(3,4)14(17)13-8-6-5-7-9-13;/h5-9H,1,10-11H2,2-4H3;1H/q+1;/p-1. The van der Waals surface area contributed by atoms with Gasteiger partial charge in [0.05, 0.1) is 19.7 Å². The number of carbonyl (C=O) groups excluding carboxylic acids is 2. The molecule has 0 aliphatic carbocycles. The smallest absolute Gasteiger partial charge is 0.345 e. The predicted molar refractivity (Wildman–Crippen MR) is 73.5 cm³/mol. The fraction of sp³-hybridized carbons (Fsp3) is 0.333. The number of quaternary nitrogens is 1. The highest BCUT2D eigenvalue weighted by Gasteiger charge is 2.27. The summed E-state index contributed by atoms with van der Waals surface area (Å²) in [6.45, 7) is 5.72. The Hall–Kier alpha value is -1.65. The van der Waals surface area contributed by atoms with E-state index < -0.39 is 5.97 Å². The van der Waals surface area contributed by atoms with Gasteiger partial charge in [0.15, 0.2) is 0 Å². The maximum absolute atomic E-state index is 12.3. The lowest BCUT2D eigenvalue weighted by atomic mass is 10.2. The molecule has 4 nitrogen and oxygen atoms in total. The van der Waals surface area contributed by atoms with Crippen molar-refractivity contribution in [2.75, 3.05) is 27.2 Å². The third kappa shape index (κ3) is 5.15. The van der Waals surface area contributed by atoms with E-state index in [0.717, 1.165) is 0 Å². The van der Waals surface area contributed by atoms with Crippen LogP contribution >= 0.6 is 0 Å². The molecule has 0 aliphatic rings. The van der Waals surface area contributed by atoms with Gasteiger partial charge >= 0.3 is 11.9 Å². The molecule has 0 saturated carbocycles. The molecular formula is C15H20ClNO3. The molecule has 0 saturated heterocycles. The van der Waals surface area contributed by atoms with Crippen molar-refractivity contribution in [3.63, 3.8) is 0 Å². The van der Waals surface area contributed by atoms with E-state index in [4.69, 9.17) is 4.74 Å². The van der Waals surface area contributed by atoms with Crippen LogP contribution in [0.5, 0.6) is 0 Å². The highest BCUT2D eigenvalue weighted by molar-refractivity contribution is 5.88. The molecule has 0 bridgehead atoms. The molecule has 1 rings (SSSR count). The van der Waals surface area contributed by atoms with Gasteiger partial charge in [0.2, 0.25) is 0 Å². The lowest BCUT2D eigenvalue weighted by Gasteiger charge is -2.26. The molecule has 1 amide bonds. The van der Waals surface area contributed by atoms with E-state index in [-0.39, 0.29) is 29.4 Å². The molecule has 0 aliphatic heterocycles. The summed E-state index contributed by atoms with van der Waals surface area (Å²) >= 11 is 0. The van der Waals surface area contributed by atoms with Crippen LogP contribution in [0.15, 0.2) is 42.5 Å². The maximum atomic E-state index is 12.3. The normalized spacial score (nSPS) is 10.3. The van der Waals surface area contributed by atoms with E-state index in [1.807, 2.05) is 18.2 Å². The Balaban J connectivity index is 0.00000361. The molecule has 0 heterocycles. The van der Waals surface area contributed by atoms with Crippen LogP contribution in [0.3, 0.4) is 0 Å². The van der Waals surface area contributed by atoms with E-state index in [0.29, 0.717) is 17.7 Å². The highest BCUT2D eigenvalue weighted by atomic mass is 35.5. The Labute approximate surface area is 126 Å². The van der Waals surface area contributed by atoms with Gasteiger partial charge in [-0.1, -0.05) is 24.8 Å². The van der Waals surface area contributed by atoms with Crippen molar-refractivity contribution < 1.29 is 31.2 Å². The number of nitrogens with zero attached hydrogens (tertiary/aromatic N) is 1. The molecule has 0 spiro atoms. The summed E-state index contributed by atoms with van der Waals surface area (Å²) in [7, 11) is 3.59. The van der Waals surface area contributed by atoms with Crippen LogP contribution in [-0.2, 0) is 9.53 Å². The van der Waals surface area contributed by atoms with Crippen LogP contribution in [0, 0.1) is 0 Å². The van der Waals surface area contributed by atoms with E-state index in [1.54, 1.807) is 33.2 Å². The zero-order valence-corrected chi connectivity index (χ0v) is 12.8. The van der Waals surface area contributed by atoms with Gasteiger partial charge in [-0.3, -0.25) is 4.48 Å². The molecule has 1 aromatic rings. The van der Waals surface area contributed by atoms with E-state index in [9.17, 15) is 9.59 Å². The molecule has 20 heavy (non-hydrogen) atoms. The molecule has 110 valence electrons. The van der Waals surface area contributed by atoms with Crippen LogP contribution in [0.1, 0.15) is 17.3 Å². The number of benzene rings is 1. The average Bonchev–Trinajstić information content (AvgIpc) is 2.38. The Kier molecular flexibility index (Phi) is 7.18. The van der Waals surface area contributed by atoms with Crippen LogP contribution in [0.25, 0.3) is 0 Å².